The largest absolute Gasteiger partial charge is 0.480 e. The number of hydrogen-bond donors (Lipinski definition) is 2. The average Bonchev–Trinajstić information content (AvgIpc) is 2.60. The van der Waals surface area contributed by atoms with Gasteiger partial charge < -0.3 is 10.4 Å². The molecule has 2 rings (SSSR count). The topological polar surface area (TPSA) is 52.6 Å². The van der Waals surface area contributed by atoms with Crippen LogP contribution in [0.25, 0.3) is 0 Å². The Morgan fingerprint density at radius 2 is 2.11 bits per heavy atom. The monoisotopic (exact) mass is 312 g/mol. The van der Waals surface area contributed by atoms with Gasteiger partial charge >= 0.3 is 5.97 Å². The number of nitrogens with one attached hydrogen (secondary N) is 1. The van der Waals surface area contributed by atoms with Crippen LogP contribution < -0.4 is 5.32 Å². The van der Waals surface area contributed by atoms with Gasteiger partial charge in [0.25, 0.3) is 0 Å². The molecule has 4 nitrogen and oxygen atoms in total. The number of aliphatic carboxylic acids is 1. The number of rotatable bonds is 3. The maximum atomic E-state index is 11.6. The van der Waals surface area contributed by atoms with E-state index < -0.39 is 12.0 Å². The summed E-state index contributed by atoms with van der Waals surface area (Å²) in [6.45, 7) is 3.37. The third-order valence-electron chi connectivity index (χ3n) is 3.17. The van der Waals surface area contributed by atoms with Gasteiger partial charge in [0.2, 0.25) is 0 Å². The highest BCUT2D eigenvalue weighted by Gasteiger charge is 2.29. The van der Waals surface area contributed by atoms with E-state index >= 15 is 0 Å². The lowest BCUT2D eigenvalue weighted by Gasteiger charge is -2.28. The Balaban J connectivity index is 2.27. The molecule has 0 spiro atoms. The lowest BCUT2D eigenvalue weighted by Crippen LogP contribution is -2.36. The van der Waals surface area contributed by atoms with Crippen molar-refractivity contribution < 1.29 is 9.90 Å². The lowest BCUT2D eigenvalue weighted by molar-refractivity contribution is -0.143. The fraction of sp³-hybridized carbons (Fsp3) is 0.462. The molecule has 1 atom stereocenters. The Kier molecular flexibility index (Phi) is 4.74. The predicted molar refractivity (Wildman–Crippen MR) is 73.6 cm³/mol. The highest BCUT2D eigenvalue weighted by molar-refractivity contribution is 9.10. The summed E-state index contributed by atoms with van der Waals surface area (Å²) in [4.78, 5) is 13.6. The van der Waals surface area contributed by atoms with Crippen LogP contribution in [0.2, 0.25) is 0 Å². The summed E-state index contributed by atoms with van der Waals surface area (Å²) in [5.74, 6) is -0.788. The summed E-state index contributed by atoms with van der Waals surface area (Å²) in [7, 11) is 0. The molecule has 1 aromatic rings. The third kappa shape index (κ3) is 3.10. The zero-order chi connectivity index (χ0) is 13.0. The predicted octanol–water partition coefficient (Wildman–Crippen LogP) is 1.87. The number of carboxylic acid groups (broad SMARTS) is 1. The fourth-order valence-corrected chi connectivity index (χ4v) is 2.81. The zero-order valence-corrected chi connectivity index (χ0v) is 11.7. The van der Waals surface area contributed by atoms with Crippen LogP contribution in [0.3, 0.4) is 0 Å². The second-order valence-electron chi connectivity index (χ2n) is 4.40. The average molecular weight is 313 g/mol. The number of nitrogens with zero attached hydrogens (tertiary/aromatic N) is 1. The molecule has 2 N–H and O–H groups in total. The van der Waals surface area contributed by atoms with E-state index in [0.717, 1.165) is 42.6 Å². The minimum Gasteiger partial charge on any atom is -0.480 e. The van der Waals surface area contributed by atoms with Crippen molar-refractivity contribution in [1.29, 1.82) is 0 Å². The maximum absolute atomic E-state index is 11.6. The van der Waals surface area contributed by atoms with Crippen molar-refractivity contribution in [3.05, 3.63) is 34.3 Å². The van der Waals surface area contributed by atoms with Crippen molar-refractivity contribution in [2.45, 2.75) is 12.5 Å². The van der Waals surface area contributed by atoms with Crippen LogP contribution in [0, 0.1) is 0 Å². The van der Waals surface area contributed by atoms with Crippen LogP contribution in [0.5, 0.6) is 0 Å². The van der Waals surface area contributed by atoms with Crippen molar-refractivity contribution in [1.82, 2.24) is 10.2 Å². The first-order chi connectivity index (χ1) is 8.70. The second-order valence-corrected chi connectivity index (χ2v) is 5.26. The number of halogens is 1. The van der Waals surface area contributed by atoms with Crippen LogP contribution in [0.1, 0.15) is 18.0 Å². The molecule has 0 radical (unpaired) electrons. The maximum Gasteiger partial charge on any atom is 0.325 e. The van der Waals surface area contributed by atoms with Crippen molar-refractivity contribution >= 4 is 21.9 Å². The Labute approximate surface area is 115 Å². The number of carbonyl (C=O) groups is 1. The lowest BCUT2D eigenvalue weighted by atomic mass is 10.1. The van der Waals surface area contributed by atoms with Gasteiger partial charge in [0.15, 0.2) is 0 Å². The van der Waals surface area contributed by atoms with E-state index in [1.807, 2.05) is 29.2 Å². The molecule has 1 aliphatic rings. The van der Waals surface area contributed by atoms with Gasteiger partial charge in [0, 0.05) is 24.1 Å². The van der Waals surface area contributed by atoms with Gasteiger partial charge in [0.1, 0.15) is 6.04 Å². The van der Waals surface area contributed by atoms with Gasteiger partial charge in [-0.15, -0.1) is 0 Å². The summed E-state index contributed by atoms with van der Waals surface area (Å²) < 4.78 is 0.856. The second kappa shape index (κ2) is 6.31. The first-order valence-corrected chi connectivity index (χ1v) is 6.91. The molecule has 0 aliphatic carbocycles. The van der Waals surface area contributed by atoms with Crippen LogP contribution in [-0.2, 0) is 4.79 Å². The van der Waals surface area contributed by atoms with Gasteiger partial charge in [-0.05, 0) is 24.6 Å². The highest BCUT2D eigenvalue weighted by atomic mass is 79.9. The molecule has 0 bridgehead atoms. The van der Waals surface area contributed by atoms with Gasteiger partial charge in [-0.2, -0.15) is 0 Å². The summed E-state index contributed by atoms with van der Waals surface area (Å²) >= 11 is 3.45. The Hall–Kier alpha value is -0.910. The fourth-order valence-electron chi connectivity index (χ4n) is 2.31. The van der Waals surface area contributed by atoms with E-state index in [1.54, 1.807) is 0 Å². The SMILES string of the molecule is O=C(O)C(c1ccccc1Br)N1CCCNCC1. The van der Waals surface area contributed by atoms with Crippen molar-refractivity contribution in [3.8, 4) is 0 Å². The van der Waals surface area contributed by atoms with E-state index in [1.165, 1.54) is 0 Å². The van der Waals surface area contributed by atoms with E-state index in [2.05, 4.69) is 21.2 Å². The van der Waals surface area contributed by atoms with Crippen LogP contribution >= 0.6 is 15.9 Å². The number of hydrogen-bond acceptors (Lipinski definition) is 3. The molecule has 1 heterocycles. The number of benzene rings is 1. The molecular weight excluding hydrogens is 296 g/mol. The minimum absolute atomic E-state index is 0.569. The molecule has 0 saturated carbocycles. The first kappa shape index (κ1) is 13.5. The molecule has 1 unspecified atom stereocenters. The van der Waals surface area contributed by atoms with E-state index in [4.69, 9.17) is 0 Å². The quantitative estimate of drug-likeness (QED) is 0.894. The molecule has 18 heavy (non-hydrogen) atoms. The van der Waals surface area contributed by atoms with Crippen molar-refractivity contribution in [2.24, 2.45) is 0 Å². The van der Waals surface area contributed by atoms with Gasteiger partial charge in [-0.25, -0.2) is 0 Å². The van der Waals surface area contributed by atoms with Crippen LogP contribution in [0.15, 0.2) is 28.7 Å². The van der Waals surface area contributed by atoms with Crippen LogP contribution in [0.4, 0.5) is 0 Å². The van der Waals surface area contributed by atoms with Crippen molar-refractivity contribution in [2.75, 3.05) is 26.2 Å². The molecule has 0 aromatic heterocycles. The van der Waals surface area contributed by atoms with Crippen LogP contribution in [-0.4, -0.2) is 42.2 Å². The Morgan fingerprint density at radius 3 is 2.83 bits per heavy atom. The van der Waals surface area contributed by atoms with E-state index in [-0.39, 0.29) is 0 Å². The Bertz CT molecular complexity index is 417. The molecule has 98 valence electrons. The van der Waals surface area contributed by atoms with E-state index in [9.17, 15) is 9.90 Å². The summed E-state index contributed by atoms with van der Waals surface area (Å²) in [5, 5.41) is 12.8. The number of carboxylic acids is 1. The highest BCUT2D eigenvalue weighted by Crippen LogP contribution is 2.28. The molecule has 1 aliphatic heterocycles. The first-order valence-electron chi connectivity index (χ1n) is 6.12. The zero-order valence-electron chi connectivity index (χ0n) is 10.1. The summed E-state index contributed by atoms with van der Waals surface area (Å²) in [5.41, 5.74) is 0.826. The van der Waals surface area contributed by atoms with Gasteiger partial charge in [-0.1, -0.05) is 34.1 Å². The molecule has 5 heteroatoms. The van der Waals surface area contributed by atoms with Crippen molar-refractivity contribution in [3.63, 3.8) is 0 Å². The molecule has 1 saturated heterocycles. The van der Waals surface area contributed by atoms with Gasteiger partial charge in [0.05, 0.1) is 0 Å². The minimum atomic E-state index is -0.788. The molecule has 1 fully saturated rings. The normalized spacial score (nSPS) is 19.2. The van der Waals surface area contributed by atoms with E-state index in [0.29, 0.717) is 0 Å². The van der Waals surface area contributed by atoms with Gasteiger partial charge in [-0.3, -0.25) is 9.69 Å². The molecular formula is C13H17BrN2O2. The standard InChI is InChI=1S/C13H17BrN2O2/c14-11-5-2-1-4-10(11)12(13(17)18)16-8-3-6-15-7-9-16/h1-2,4-5,12,15H,3,6-9H2,(H,17,18). The summed E-state index contributed by atoms with van der Waals surface area (Å²) in [6, 6.07) is 6.98. The molecule has 1 aromatic carbocycles. The summed E-state index contributed by atoms with van der Waals surface area (Å²) in [6.07, 6.45) is 0.980. The third-order valence-corrected chi connectivity index (χ3v) is 3.90. The Morgan fingerprint density at radius 1 is 1.33 bits per heavy atom. The molecule has 0 amide bonds. The smallest absolute Gasteiger partial charge is 0.325 e.